The van der Waals surface area contributed by atoms with Crippen LogP contribution in [0.1, 0.15) is 37.7 Å². The highest BCUT2D eigenvalue weighted by Crippen LogP contribution is 2.30. The Balaban J connectivity index is 1.84. The van der Waals surface area contributed by atoms with Crippen molar-refractivity contribution in [2.75, 3.05) is 26.4 Å². The third-order valence-electron chi connectivity index (χ3n) is 4.45. The lowest BCUT2D eigenvalue weighted by Crippen LogP contribution is -2.47. The summed E-state index contributed by atoms with van der Waals surface area (Å²) in [6.07, 6.45) is -1.07. The number of hydrogen-bond donors (Lipinski definition) is 3. The average molecular weight is 395 g/mol. The van der Waals surface area contributed by atoms with E-state index in [0.717, 1.165) is 0 Å². The van der Waals surface area contributed by atoms with Crippen LogP contribution in [-0.4, -0.2) is 70.2 Å². The van der Waals surface area contributed by atoms with E-state index in [0.29, 0.717) is 11.3 Å². The Kier molecular flexibility index (Phi) is 7.50. The van der Waals surface area contributed by atoms with Crippen molar-refractivity contribution in [3.05, 3.63) is 29.8 Å². The van der Waals surface area contributed by atoms with Crippen LogP contribution in [0.15, 0.2) is 24.3 Å². The predicted octanol–water partition coefficient (Wildman–Crippen LogP) is 1.13. The molecule has 154 valence electrons. The fourth-order valence-corrected chi connectivity index (χ4v) is 2.91. The number of rotatable bonds is 9. The molecule has 1 aromatic carbocycles. The smallest absolute Gasteiger partial charge is 0.421 e. The number of carbonyl (C=O) groups is 3. The Morgan fingerprint density at radius 2 is 1.93 bits per heavy atom. The molecule has 1 aliphatic heterocycles. The minimum absolute atomic E-state index is 0.00163. The molecule has 28 heavy (non-hydrogen) atoms. The van der Waals surface area contributed by atoms with Crippen molar-refractivity contribution in [2.24, 2.45) is 0 Å². The third-order valence-corrected chi connectivity index (χ3v) is 4.45. The van der Waals surface area contributed by atoms with Crippen LogP contribution in [0.25, 0.3) is 0 Å². The topological polar surface area (TPSA) is 134 Å². The van der Waals surface area contributed by atoms with Crippen LogP contribution < -0.4 is 4.74 Å². The molecule has 1 heterocycles. The van der Waals surface area contributed by atoms with Crippen LogP contribution in [0.2, 0.25) is 0 Å². The summed E-state index contributed by atoms with van der Waals surface area (Å²) in [5, 5.41) is 27.7. The van der Waals surface area contributed by atoms with Crippen molar-refractivity contribution in [3.8, 4) is 5.75 Å². The first-order valence-electron chi connectivity index (χ1n) is 8.98. The molecule has 3 amide bonds. The van der Waals surface area contributed by atoms with E-state index in [9.17, 15) is 19.5 Å². The second-order valence-electron chi connectivity index (χ2n) is 6.88. The zero-order chi connectivity index (χ0) is 20.7. The zero-order valence-electron chi connectivity index (χ0n) is 15.7. The van der Waals surface area contributed by atoms with Crippen molar-refractivity contribution in [1.29, 1.82) is 0 Å². The number of amides is 3. The minimum atomic E-state index is -1.56. The normalized spacial score (nSPS) is 19.4. The predicted molar refractivity (Wildman–Crippen MR) is 96.9 cm³/mol. The van der Waals surface area contributed by atoms with Crippen LogP contribution in [0.3, 0.4) is 0 Å². The Hall–Kier alpha value is -2.49. The summed E-state index contributed by atoms with van der Waals surface area (Å²) >= 11 is 0. The van der Waals surface area contributed by atoms with Gasteiger partial charge in [0.05, 0.1) is 24.7 Å². The number of benzene rings is 1. The van der Waals surface area contributed by atoms with Gasteiger partial charge in [0.2, 0.25) is 11.8 Å². The van der Waals surface area contributed by atoms with Crippen LogP contribution in [-0.2, 0) is 14.3 Å². The van der Waals surface area contributed by atoms with Gasteiger partial charge in [-0.05, 0) is 31.0 Å². The molecule has 3 N–H and O–H groups in total. The van der Waals surface area contributed by atoms with Gasteiger partial charge in [0.25, 0.3) is 0 Å². The molecule has 1 fully saturated rings. The second-order valence-corrected chi connectivity index (χ2v) is 6.88. The number of carbonyl (C=O) groups excluding carboxylic acids is 2. The maximum absolute atomic E-state index is 12.3. The van der Waals surface area contributed by atoms with E-state index >= 15 is 0 Å². The van der Waals surface area contributed by atoms with E-state index in [1.165, 1.54) is 0 Å². The van der Waals surface area contributed by atoms with Gasteiger partial charge in [0, 0.05) is 19.4 Å². The van der Waals surface area contributed by atoms with Crippen molar-refractivity contribution < 1.29 is 39.2 Å². The molecule has 0 saturated carbocycles. The highest BCUT2D eigenvalue weighted by molar-refractivity contribution is 6.11. The number of carboxylic acid groups (broad SMARTS) is 1. The monoisotopic (exact) mass is 395 g/mol. The van der Waals surface area contributed by atoms with Crippen molar-refractivity contribution >= 4 is 17.9 Å². The third kappa shape index (κ3) is 5.75. The maximum Gasteiger partial charge on any atom is 0.421 e. The maximum atomic E-state index is 12.3. The molecule has 0 radical (unpaired) electrons. The van der Waals surface area contributed by atoms with Gasteiger partial charge in [0.1, 0.15) is 12.4 Å². The summed E-state index contributed by atoms with van der Waals surface area (Å²) in [5.74, 6) is -1.57. The van der Waals surface area contributed by atoms with Gasteiger partial charge in [-0.25, -0.2) is 4.79 Å². The number of hydrogen-bond acceptors (Lipinski definition) is 7. The molecule has 0 aliphatic carbocycles. The lowest BCUT2D eigenvalue weighted by Gasteiger charge is -2.27. The second kappa shape index (κ2) is 9.63. The van der Waals surface area contributed by atoms with Crippen molar-refractivity contribution in [2.45, 2.75) is 37.7 Å². The van der Waals surface area contributed by atoms with E-state index in [-0.39, 0.29) is 50.6 Å². The molecular weight excluding hydrogens is 370 g/mol. The van der Waals surface area contributed by atoms with Crippen LogP contribution >= 0.6 is 0 Å². The van der Waals surface area contributed by atoms with Gasteiger partial charge in [0.15, 0.2) is 0 Å². The molecule has 1 aromatic rings. The highest BCUT2D eigenvalue weighted by atomic mass is 16.5. The molecule has 9 nitrogen and oxygen atoms in total. The number of piperidine rings is 1. The minimum Gasteiger partial charge on any atom is -0.491 e. The fraction of sp³-hybridized carbons (Fsp3) is 0.526. The quantitative estimate of drug-likeness (QED) is 0.418. The summed E-state index contributed by atoms with van der Waals surface area (Å²) in [5.41, 5.74) is -0.471. The standard InChI is InChI=1S/C19H25NO8/c1-19(26,8-9-21)12-27-10-11-28-14-4-2-13(3-5-14)15-6-7-16(22)20(17(15)23)18(24)25/h2-5,15,21,26H,6-12H2,1H3,(H,24,25). The Morgan fingerprint density at radius 1 is 1.25 bits per heavy atom. The Morgan fingerprint density at radius 3 is 2.54 bits per heavy atom. The van der Waals surface area contributed by atoms with Crippen molar-refractivity contribution in [1.82, 2.24) is 4.90 Å². The largest absolute Gasteiger partial charge is 0.491 e. The summed E-state index contributed by atoms with van der Waals surface area (Å²) in [4.78, 5) is 35.3. The molecule has 2 unspecified atom stereocenters. The number of aliphatic hydroxyl groups is 2. The molecule has 1 saturated heterocycles. The number of nitrogens with zero attached hydrogens (tertiary/aromatic N) is 1. The van der Waals surface area contributed by atoms with Crippen LogP contribution in [0.4, 0.5) is 4.79 Å². The van der Waals surface area contributed by atoms with E-state index < -0.39 is 29.4 Å². The summed E-state index contributed by atoms with van der Waals surface area (Å²) < 4.78 is 10.9. The van der Waals surface area contributed by atoms with Crippen LogP contribution in [0.5, 0.6) is 5.75 Å². The molecule has 0 spiro atoms. The molecule has 2 atom stereocenters. The van der Waals surface area contributed by atoms with E-state index in [1.54, 1.807) is 31.2 Å². The lowest BCUT2D eigenvalue weighted by molar-refractivity contribution is -0.146. The number of ether oxygens (including phenoxy) is 2. The molecule has 0 bridgehead atoms. The highest BCUT2D eigenvalue weighted by Gasteiger charge is 2.39. The molecule has 1 aliphatic rings. The number of aliphatic hydroxyl groups excluding tert-OH is 1. The molecular formula is C19H25NO8. The SMILES string of the molecule is CC(O)(CCO)COCCOc1ccc(C2CCC(=O)N(C(=O)O)C2=O)cc1. The summed E-state index contributed by atoms with van der Waals surface area (Å²) in [6, 6.07) is 6.65. The van der Waals surface area contributed by atoms with Gasteiger partial charge in [-0.2, -0.15) is 4.90 Å². The Bertz CT molecular complexity index is 700. The fourth-order valence-electron chi connectivity index (χ4n) is 2.91. The average Bonchev–Trinajstić information content (AvgIpc) is 2.62. The molecule has 2 rings (SSSR count). The van der Waals surface area contributed by atoms with E-state index in [2.05, 4.69) is 0 Å². The molecule has 9 heteroatoms. The first kappa shape index (κ1) is 21.8. The van der Waals surface area contributed by atoms with Gasteiger partial charge < -0.3 is 24.8 Å². The first-order chi connectivity index (χ1) is 13.2. The number of imide groups is 3. The van der Waals surface area contributed by atoms with Gasteiger partial charge in [-0.15, -0.1) is 0 Å². The van der Waals surface area contributed by atoms with Crippen LogP contribution in [0, 0.1) is 0 Å². The summed E-state index contributed by atoms with van der Waals surface area (Å²) in [7, 11) is 0. The first-order valence-corrected chi connectivity index (χ1v) is 8.98. The summed E-state index contributed by atoms with van der Waals surface area (Å²) in [6.45, 7) is 2.03. The molecule has 0 aromatic heterocycles. The van der Waals surface area contributed by atoms with Gasteiger partial charge in [-0.3, -0.25) is 9.59 Å². The number of likely N-dealkylation sites (tertiary alicyclic amines) is 1. The zero-order valence-corrected chi connectivity index (χ0v) is 15.7. The Labute approximate surface area is 162 Å². The van der Waals surface area contributed by atoms with E-state index in [4.69, 9.17) is 19.7 Å². The van der Waals surface area contributed by atoms with Gasteiger partial charge >= 0.3 is 6.09 Å². The van der Waals surface area contributed by atoms with Crippen molar-refractivity contribution in [3.63, 3.8) is 0 Å². The van der Waals surface area contributed by atoms with E-state index in [1.807, 2.05) is 0 Å². The lowest BCUT2D eigenvalue weighted by atomic mass is 9.89. The van der Waals surface area contributed by atoms with Gasteiger partial charge in [-0.1, -0.05) is 12.1 Å².